The third-order valence-electron chi connectivity index (χ3n) is 2.63. The van der Waals surface area contributed by atoms with Gasteiger partial charge in [-0.25, -0.2) is 4.79 Å². The van der Waals surface area contributed by atoms with Crippen molar-refractivity contribution in [2.24, 2.45) is 0 Å². The largest absolute Gasteiger partial charge is 0.457 e. The lowest BCUT2D eigenvalue weighted by Crippen LogP contribution is -2.21. The summed E-state index contributed by atoms with van der Waals surface area (Å²) in [5, 5.41) is 0. The van der Waals surface area contributed by atoms with Gasteiger partial charge in [0.2, 0.25) is 6.79 Å². The number of carbonyl (C=O) groups excluding carboxylic acids is 1. The Hall–Kier alpha value is -1.95. The van der Waals surface area contributed by atoms with Crippen molar-refractivity contribution < 1.29 is 23.7 Å². The number of hydrogen-bond donors (Lipinski definition) is 1. The Kier molecular flexibility index (Phi) is 4.11. The van der Waals surface area contributed by atoms with E-state index in [1.807, 2.05) is 6.92 Å². The highest BCUT2D eigenvalue weighted by molar-refractivity contribution is 5.96. The molecule has 0 radical (unpaired) electrons. The van der Waals surface area contributed by atoms with E-state index in [1.54, 1.807) is 13.0 Å². The van der Waals surface area contributed by atoms with E-state index in [4.69, 9.17) is 24.7 Å². The van der Waals surface area contributed by atoms with Crippen molar-refractivity contribution in [3.05, 3.63) is 17.7 Å². The first-order chi connectivity index (χ1) is 9.11. The van der Waals surface area contributed by atoms with E-state index in [-0.39, 0.29) is 18.5 Å². The number of carbonyl (C=O) groups is 1. The van der Waals surface area contributed by atoms with Crippen LogP contribution in [-0.4, -0.2) is 32.1 Å². The maximum absolute atomic E-state index is 12.0. The van der Waals surface area contributed by atoms with Crippen LogP contribution in [0.4, 0.5) is 5.69 Å². The predicted molar refractivity (Wildman–Crippen MR) is 68.3 cm³/mol. The second kappa shape index (κ2) is 5.79. The maximum atomic E-state index is 12.0. The number of nitrogen functional groups attached to an aromatic ring is 1. The Bertz CT molecular complexity index is 474. The normalized spacial score (nSPS) is 14.2. The molecule has 0 bridgehead atoms. The summed E-state index contributed by atoms with van der Waals surface area (Å²) in [7, 11) is 0. The summed E-state index contributed by atoms with van der Waals surface area (Å²) in [6.45, 7) is 4.70. The molecule has 2 rings (SSSR count). The first kappa shape index (κ1) is 13.5. The third kappa shape index (κ3) is 3.08. The molecular weight excluding hydrogens is 250 g/mol. The number of anilines is 1. The van der Waals surface area contributed by atoms with Gasteiger partial charge >= 0.3 is 5.97 Å². The molecule has 0 aliphatic carbocycles. The minimum Gasteiger partial charge on any atom is -0.457 e. The zero-order valence-corrected chi connectivity index (χ0v) is 11.0. The average Bonchev–Trinajstić information content (AvgIpc) is 2.82. The fraction of sp³-hybridized carbons (Fsp3) is 0.462. The Morgan fingerprint density at radius 3 is 2.79 bits per heavy atom. The molecule has 1 aliphatic heterocycles. The SMILES string of the molecule is CCOCC(C)OC(=O)c1cc2c(cc1N)OCO2. The molecule has 104 valence electrons. The highest BCUT2D eigenvalue weighted by Crippen LogP contribution is 2.36. The van der Waals surface area contributed by atoms with Crippen LogP contribution in [0.15, 0.2) is 12.1 Å². The fourth-order valence-corrected chi connectivity index (χ4v) is 1.70. The number of nitrogens with two attached hydrogens (primary N) is 1. The van der Waals surface area contributed by atoms with Crippen LogP contribution in [0.5, 0.6) is 11.5 Å². The van der Waals surface area contributed by atoms with Crippen LogP contribution < -0.4 is 15.2 Å². The molecule has 0 saturated heterocycles. The Balaban J connectivity index is 2.07. The average molecular weight is 267 g/mol. The van der Waals surface area contributed by atoms with Gasteiger partial charge in [0, 0.05) is 18.7 Å². The standard InChI is InChI=1S/C13H17NO5/c1-3-16-6-8(2)19-13(15)9-4-11-12(5-10(9)14)18-7-17-11/h4-5,8H,3,6-7,14H2,1-2H3. The van der Waals surface area contributed by atoms with Crippen molar-refractivity contribution in [1.82, 2.24) is 0 Å². The second-order valence-electron chi connectivity index (χ2n) is 4.17. The Labute approximate surface area is 111 Å². The number of fused-ring (bicyclic) bond motifs is 1. The number of rotatable bonds is 5. The van der Waals surface area contributed by atoms with E-state index in [9.17, 15) is 4.79 Å². The molecule has 1 atom stereocenters. The molecule has 1 aliphatic rings. The number of esters is 1. The Morgan fingerprint density at radius 1 is 1.42 bits per heavy atom. The van der Waals surface area contributed by atoms with Crippen molar-refractivity contribution in [2.75, 3.05) is 25.7 Å². The van der Waals surface area contributed by atoms with Crippen molar-refractivity contribution in [1.29, 1.82) is 0 Å². The van der Waals surface area contributed by atoms with Gasteiger partial charge in [0.15, 0.2) is 11.5 Å². The summed E-state index contributed by atoms with van der Waals surface area (Å²) in [6, 6.07) is 3.10. The molecule has 1 heterocycles. The molecule has 1 aromatic carbocycles. The van der Waals surface area contributed by atoms with Gasteiger partial charge in [0.05, 0.1) is 17.9 Å². The molecule has 6 heteroatoms. The first-order valence-corrected chi connectivity index (χ1v) is 6.09. The number of benzene rings is 1. The minimum absolute atomic E-state index is 0.133. The monoisotopic (exact) mass is 267 g/mol. The van der Waals surface area contributed by atoms with Gasteiger partial charge in [-0.1, -0.05) is 0 Å². The molecule has 1 unspecified atom stereocenters. The summed E-state index contributed by atoms with van der Waals surface area (Å²) >= 11 is 0. The lowest BCUT2D eigenvalue weighted by molar-refractivity contribution is 0.00447. The van der Waals surface area contributed by atoms with Crippen LogP contribution in [0.1, 0.15) is 24.2 Å². The summed E-state index contributed by atoms with van der Waals surface area (Å²) < 4.78 is 20.8. The van der Waals surface area contributed by atoms with Crippen LogP contribution in [0.3, 0.4) is 0 Å². The van der Waals surface area contributed by atoms with E-state index >= 15 is 0 Å². The van der Waals surface area contributed by atoms with Gasteiger partial charge < -0.3 is 24.7 Å². The van der Waals surface area contributed by atoms with Crippen LogP contribution in [0.2, 0.25) is 0 Å². The zero-order chi connectivity index (χ0) is 13.8. The zero-order valence-electron chi connectivity index (χ0n) is 11.0. The summed E-state index contributed by atoms with van der Waals surface area (Å²) in [4.78, 5) is 12.0. The smallest absolute Gasteiger partial charge is 0.340 e. The summed E-state index contributed by atoms with van der Waals surface area (Å²) in [5.74, 6) is 0.540. The van der Waals surface area contributed by atoms with Gasteiger partial charge in [-0.05, 0) is 13.8 Å². The molecule has 0 fully saturated rings. The molecular formula is C13H17NO5. The molecule has 0 amide bonds. The van der Waals surface area contributed by atoms with Gasteiger partial charge in [-0.15, -0.1) is 0 Å². The van der Waals surface area contributed by atoms with Gasteiger partial charge in [-0.3, -0.25) is 0 Å². The van der Waals surface area contributed by atoms with Crippen molar-refractivity contribution in [3.8, 4) is 11.5 Å². The van der Waals surface area contributed by atoms with Crippen LogP contribution in [0.25, 0.3) is 0 Å². The summed E-state index contributed by atoms with van der Waals surface area (Å²) in [6.07, 6.45) is -0.336. The topological polar surface area (TPSA) is 80.0 Å². The summed E-state index contributed by atoms with van der Waals surface area (Å²) in [5.41, 5.74) is 6.38. The van der Waals surface area contributed by atoms with Crippen LogP contribution in [0, 0.1) is 0 Å². The predicted octanol–water partition coefficient (Wildman–Crippen LogP) is 1.58. The van der Waals surface area contributed by atoms with Gasteiger partial charge in [0.25, 0.3) is 0 Å². The van der Waals surface area contributed by atoms with Gasteiger partial charge in [-0.2, -0.15) is 0 Å². The molecule has 0 saturated carbocycles. The van der Waals surface area contributed by atoms with Crippen LogP contribution >= 0.6 is 0 Å². The molecule has 0 spiro atoms. The molecule has 0 aromatic heterocycles. The van der Waals surface area contributed by atoms with E-state index in [0.717, 1.165) is 0 Å². The highest BCUT2D eigenvalue weighted by Gasteiger charge is 2.21. The minimum atomic E-state index is -0.497. The fourth-order valence-electron chi connectivity index (χ4n) is 1.70. The van der Waals surface area contributed by atoms with Crippen LogP contribution in [-0.2, 0) is 9.47 Å². The first-order valence-electron chi connectivity index (χ1n) is 6.09. The molecule has 6 nitrogen and oxygen atoms in total. The third-order valence-corrected chi connectivity index (χ3v) is 2.63. The number of ether oxygens (including phenoxy) is 4. The van der Waals surface area contributed by atoms with E-state index in [0.29, 0.717) is 30.4 Å². The number of hydrogen-bond acceptors (Lipinski definition) is 6. The van der Waals surface area contributed by atoms with Crippen molar-refractivity contribution in [2.45, 2.75) is 20.0 Å². The molecule has 2 N–H and O–H groups in total. The quantitative estimate of drug-likeness (QED) is 0.644. The highest BCUT2D eigenvalue weighted by atomic mass is 16.7. The Morgan fingerprint density at radius 2 is 2.11 bits per heavy atom. The lowest BCUT2D eigenvalue weighted by atomic mass is 10.1. The van der Waals surface area contributed by atoms with E-state index in [2.05, 4.69) is 0 Å². The molecule has 19 heavy (non-hydrogen) atoms. The van der Waals surface area contributed by atoms with Crippen molar-refractivity contribution >= 4 is 11.7 Å². The molecule has 1 aromatic rings. The van der Waals surface area contributed by atoms with E-state index in [1.165, 1.54) is 6.07 Å². The maximum Gasteiger partial charge on any atom is 0.340 e. The second-order valence-corrected chi connectivity index (χ2v) is 4.17. The van der Waals surface area contributed by atoms with Gasteiger partial charge in [0.1, 0.15) is 6.10 Å². The van der Waals surface area contributed by atoms with Crippen molar-refractivity contribution in [3.63, 3.8) is 0 Å². The van der Waals surface area contributed by atoms with E-state index < -0.39 is 5.97 Å². The lowest BCUT2D eigenvalue weighted by Gasteiger charge is -2.14.